The zero-order valence-electron chi connectivity index (χ0n) is 9.35. The summed E-state index contributed by atoms with van der Waals surface area (Å²) in [6.07, 6.45) is 0. The summed E-state index contributed by atoms with van der Waals surface area (Å²) in [6.45, 7) is 1.78. The second-order valence-corrected chi connectivity index (χ2v) is 4.65. The zero-order valence-corrected chi connectivity index (χ0v) is 11.5. The van der Waals surface area contributed by atoms with E-state index in [0.717, 1.165) is 9.26 Å². The maximum Gasteiger partial charge on any atom is 0.360 e. The van der Waals surface area contributed by atoms with Crippen molar-refractivity contribution >= 4 is 28.6 Å². The molecule has 0 fully saturated rings. The van der Waals surface area contributed by atoms with E-state index in [-0.39, 0.29) is 5.69 Å². The minimum Gasteiger partial charge on any atom is -0.464 e. The van der Waals surface area contributed by atoms with Gasteiger partial charge in [0.2, 0.25) is 0 Å². The Balaban J connectivity index is 2.44. The molecule has 0 spiro atoms. The molecule has 17 heavy (non-hydrogen) atoms. The highest BCUT2D eigenvalue weighted by molar-refractivity contribution is 14.1. The largest absolute Gasteiger partial charge is 0.464 e. The number of hydrogen-bond acceptors (Lipinski definition) is 4. The smallest absolute Gasteiger partial charge is 0.360 e. The van der Waals surface area contributed by atoms with Gasteiger partial charge in [0.1, 0.15) is 0 Å². The fourth-order valence-electron chi connectivity index (χ4n) is 1.44. The summed E-state index contributed by atoms with van der Waals surface area (Å²) in [4.78, 5) is 11.4. The van der Waals surface area contributed by atoms with Crippen molar-refractivity contribution in [2.75, 3.05) is 7.11 Å². The van der Waals surface area contributed by atoms with E-state index >= 15 is 0 Å². The van der Waals surface area contributed by atoms with Crippen molar-refractivity contribution in [3.8, 4) is 5.69 Å². The third-order valence-corrected chi connectivity index (χ3v) is 3.06. The van der Waals surface area contributed by atoms with E-state index in [0.29, 0.717) is 5.69 Å². The van der Waals surface area contributed by atoms with Crippen LogP contribution in [0.4, 0.5) is 0 Å². The Labute approximate surface area is 112 Å². The number of benzene rings is 1. The van der Waals surface area contributed by atoms with Gasteiger partial charge in [0.15, 0.2) is 5.69 Å². The van der Waals surface area contributed by atoms with Gasteiger partial charge in [-0.1, -0.05) is 5.21 Å². The van der Waals surface area contributed by atoms with E-state index in [1.807, 2.05) is 24.3 Å². The third kappa shape index (κ3) is 2.31. The standard InChI is InChI=1S/C11H10IN3O2/c1-7-10(11(16)17-2)13-14-15(7)9-5-3-8(12)4-6-9/h3-6H,1-2H3. The van der Waals surface area contributed by atoms with Crippen LogP contribution in [0.5, 0.6) is 0 Å². The normalized spacial score (nSPS) is 10.3. The topological polar surface area (TPSA) is 57.0 Å². The molecule has 5 nitrogen and oxygen atoms in total. The molecule has 0 radical (unpaired) electrons. The van der Waals surface area contributed by atoms with E-state index in [2.05, 4.69) is 37.6 Å². The maximum absolute atomic E-state index is 11.4. The van der Waals surface area contributed by atoms with Gasteiger partial charge in [-0.05, 0) is 53.8 Å². The van der Waals surface area contributed by atoms with Gasteiger partial charge in [-0.25, -0.2) is 9.48 Å². The van der Waals surface area contributed by atoms with Crippen LogP contribution in [0, 0.1) is 10.5 Å². The lowest BCUT2D eigenvalue weighted by atomic mass is 10.3. The van der Waals surface area contributed by atoms with Crippen LogP contribution in [0.3, 0.4) is 0 Å². The summed E-state index contributed by atoms with van der Waals surface area (Å²) in [5, 5.41) is 7.77. The molecule has 0 bridgehead atoms. The number of rotatable bonds is 2. The van der Waals surface area contributed by atoms with Crippen molar-refractivity contribution in [2.24, 2.45) is 0 Å². The molecule has 0 atom stereocenters. The van der Waals surface area contributed by atoms with Gasteiger partial charge in [-0.3, -0.25) is 0 Å². The van der Waals surface area contributed by atoms with Gasteiger partial charge in [0.05, 0.1) is 18.5 Å². The van der Waals surface area contributed by atoms with E-state index in [1.165, 1.54) is 7.11 Å². The summed E-state index contributed by atoms with van der Waals surface area (Å²) < 4.78 is 7.38. The Morgan fingerprint density at radius 1 is 1.35 bits per heavy atom. The van der Waals surface area contributed by atoms with Crippen LogP contribution in [0.25, 0.3) is 5.69 Å². The predicted octanol–water partition coefficient (Wildman–Crippen LogP) is 1.97. The second kappa shape index (κ2) is 4.82. The highest BCUT2D eigenvalue weighted by Crippen LogP contribution is 2.14. The number of carbonyl (C=O) groups is 1. The van der Waals surface area contributed by atoms with Crippen LogP contribution >= 0.6 is 22.6 Å². The molecule has 0 amide bonds. The summed E-state index contributed by atoms with van der Waals surface area (Å²) >= 11 is 2.23. The molecule has 0 saturated heterocycles. The van der Waals surface area contributed by atoms with Crippen LogP contribution in [0.2, 0.25) is 0 Å². The number of esters is 1. The highest BCUT2D eigenvalue weighted by atomic mass is 127. The minimum atomic E-state index is -0.473. The number of aromatic nitrogens is 3. The van der Waals surface area contributed by atoms with E-state index in [4.69, 9.17) is 0 Å². The average molecular weight is 343 g/mol. The Bertz CT molecular complexity index is 548. The highest BCUT2D eigenvalue weighted by Gasteiger charge is 2.17. The second-order valence-electron chi connectivity index (χ2n) is 3.40. The van der Waals surface area contributed by atoms with Crippen molar-refractivity contribution in [1.29, 1.82) is 0 Å². The molecule has 0 saturated carbocycles. The van der Waals surface area contributed by atoms with Crippen LogP contribution in [0.15, 0.2) is 24.3 Å². The molecule has 0 aliphatic rings. The first-order chi connectivity index (χ1) is 8.13. The maximum atomic E-state index is 11.4. The fourth-order valence-corrected chi connectivity index (χ4v) is 1.80. The van der Waals surface area contributed by atoms with Gasteiger partial charge < -0.3 is 4.74 Å². The first kappa shape index (κ1) is 12.0. The van der Waals surface area contributed by atoms with E-state index in [9.17, 15) is 4.79 Å². The van der Waals surface area contributed by atoms with Crippen LogP contribution < -0.4 is 0 Å². The summed E-state index contributed by atoms with van der Waals surface area (Å²) in [7, 11) is 1.33. The first-order valence-electron chi connectivity index (χ1n) is 4.90. The van der Waals surface area contributed by atoms with Gasteiger partial charge in [-0.15, -0.1) is 5.10 Å². The van der Waals surface area contributed by atoms with Crippen molar-refractivity contribution in [3.63, 3.8) is 0 Å². The SMILES string of the molecule is COC(=O)c1nnn(-c2ccc(I)cc2)c1C. The first-order valence-corrected chi connectivity index (χ1v) is 5.98. The summed E-state index contributed by atoms with van der Waals surface area (Å²) in [5.41, 5.74) is 1.77. The van der Waals surface area contributed by atoms with Crippen molar-refractivity contribution in [3.05, 3.63) is 39.2 Å². The molecule has 1 aromatic carbocycles. The summed E-state index contributed by atoms with van der Waals surface area (Å²) in [5.74, 6) is -0.473. The van der Waals surface area contributed by atoms with Gasteiger partial charge in [0.25, 0.3) is 0 Å². The molecule has 2 aromatic rings. The Morgan fingerprint density at radius 3 is 2.59 bits per heavy atom. The van der Waals surface area contributed by atoms with Crippen molar-refractivity contribution in [1.82, 2.24) is 15.0 Å². The lowest BCUT2D eigenvalue weighted by molar-refractivity contribution is 0.0593. The number of hydrogen-bond donors (Lipinski definition) is 0. The van der Waals surface area contributed by atoms with E-state index in [1.54, 1.807) is 11.6 Å². The molecule has 0 aliphatic heterocycles. The number of halogens is 1. The Kier molecular flexibility index (Phi) is 3.41. The van der Waals surface area contributed by atoms with Gasteiger partial charge in [0, 0.05) is 3.57 Å². The average Bonchev–Trinajstić information content (AvgIpc) is 2.71. The van der Waals surface area contributed by atoms with E-state index < -0.39 is 5.97 Å². The van der Waals surface area contributed by atoms with Crippen molar-refractivity contribution < 1.29 is 9.53 Å². The number of methoxy groups -OCH3 is 1. The summed E-state index contributed by atoms with van der Waals surface area (Å²) in [6, 6.07) is 7.78. The fraction of sp³-hybridized carbons (Fsp3) is 0.182. The molecule has 1 heterocycles. The van der Waals surface area contributed by atoms with Crippen molar-refractivity contribution in [2.45, 2.75) is 6.92 Å². The molecule has 1 aromatic heterocycles. The lowest BCUT2D eigenvalue weighted by Gasteiger charge is -2.03. The molecular formula is C11H10IN3O2. The molecule has 0 aliphatic carbocycles. The third-order valence-electron chi connectivity index (χ3n) is 2.34. The Morgan fingerprint density at radius 2 is 2.00 bits per heavy atom. The molecule has 6 heteroatoms. The lowest BCUT2D eigenvalue weighted by Crippen LogP contribution is -2.05. The minimum absolute atomic E-state index is 0.242. The molecule has 0 N–H and O–H groups in total. The van der Waals surface area contributed by atoms with Crippen LogP contribution in [0.1, 0.15) is 16.2 Å². The van der Waals surface area contributed by atoms with Crippen LogP contribution in [-0.2, 0) is 4.74 Å². The molecule has 2 rings (SSSR count). The number of ether oxygens (including phenoxy) is 1. The molecule has 0 unspecified atom stereocenters. The quantitative estimate of drug-likeness (QED) is 0.618. The molecule has 88 valence electrons. The number of carbonyl (C=O) groups excluding carboxylic acids is 1. The van der Waals surface area contributed by atoms with Gasteiger partial charge in [-0.2, -0.15) is 0 Å². The zero-order chi connectivity index (χ0) is 12.4. The predicted molar refractivity (Wildman–Crippen MR) is 70.2 cm³/mol. The van der Waals surface area contributed by atoms with Crippen LogP contribution in [-0.4, -0.2) is 28.1 Å². The van der Waals surface area contributed by atoms with Gasteiger partial charge >= 0.3 is 5.97 Å². The molecular weight excluding hydrogens is 333 g/mol. The number of nitrogens with zero attached hydrogens (tertiary/aromatic N) is 3. The Hall–Kier alpha value is -1.44. The monoisotopic (exact) mass is 343 g/mol.